The summed E-state index contributed by atoms with van der Waals surface area (Å²) in [7, 11) is 0. The highest BCUT2D eigenvalue weighted by atomic mass is 16.5. The van der Waals surface area contributed by atoms with Crippen molar-refractivity contribution in [1.82, 2.24) is 4.90 Å². The van der Waals surface area contributed by atoms with Crippen molar-refractivity contribution in [2.45, 2.75) is 12.8 Å². The number of ether oxygens (including phenoxy) is 1. The molecule has 0 radical (unpaired) electrons. The van der Waals surface area contributed by atoms with E-state index in [9.17, 15) is 9.59 Å². The van der Waals surface area contributed by atoms with Gasteiger partial charge in [-0.1, -0.05) is 48.5 Å². The highest BCUT2D eigenvalue weighted by molar-refractivity contribution is 5.79. The van der Waals surface area contributed by atoms with Crippen LogP contribution >= 0.6 is 0 Å². The van der Waals surface area contributed by atoms with Crippen LogP contribution in [0.2, 0.25) is 0 Å². The molecule has 5 heteroatoms. The van der Waals surface area contributed by atoms with Gasteiger partial charge in [-0.25, -0.2) is 0 Å². The van der Waals surface area contributed by atoms with Crippen LogP contribution in [0.3, 0.4) is 0 Å². The number of carbonyl (C=O) groups excluding carboxylic acids is 1. The molecule has 1 heterocycles. The van der Waals surface area contributed by atoms with Crippen LogP contribution in [0.15, 0.2) is 54.6 Å². The lowest BCUT2D eigenvalue weighted by Gasteiger charge is -2.16. The molecule has 1 aliphatic heterocycles. The molecule has 25 heavy (non-hydrogen) atoms. The molecule has 0 aliphatic carbocycles. The second-order valence-corrected chi connectivity index (χ2v) is 6.12. The van der Waals surface area contributed by atoms with Crippen LogP contribution in [0.5, 0.6) is 5.75 Å². The van der Waals surface area contributed by atoms with Gasteiger partial charge in [0.2, 0.25) is 5.91 Å². The molecule has 1 aliphatic rings. The summed E-state index contributed by atoms with van der Waals surface area (Å²) in [6.07, 6.45) is 0.772. The fourth-order valence-electron chi connectivity index (χ4n) is 3.04. The second kappa shape index (κ2) is 7.83. The first-order chi connectivity index (χ1) is 12.1. The quantitative estimate of drug-likeness (QED) is 0.878. The molecule has 5 nitrogen and oxygen atoms in total. The molecule has 0 bridgehead atoms. The minimum absolute atomic E-state index is 0.0547. The highest BCUT2D eigenvalue weighted by Gasteiger charge is 2.30. The summed E-state index contributed by atoms with van der Waals surface area (Å²) >= 11 is 0. The monoisotopic (exact) mass is 339 g/mol. The highest BCUT2D eigenvalue weighted by Crippen LogP contribution is 2.29. The standard InChI is InChI=1S/C20H21NO4/c22-19(21-12-10-16(14-21)20(23)24)11-13-25-18-9-5-4-8-17(18)15-6-2-1-3-7-15/h1-9,16H,10-14H2,(H,23,24). The molecular weight excluding hydrogens is 318 g/mol. The summed E-state index contributed by atoms with van der Waals surface area (Å²) in [5, 5.41) is 9.01. The maximum Gasteiger partial charge on any atom is 0.308 e. The molecule has 0 spiro atoms. The Hall–Kier alpha value is -2.82. The van der Waals surface area contributed by atoms with Gasteiger partial charge in [-0.2, -0.15) is 0 Å². The predicted octanol–water partition coefficient (Wildman–Crippen LogP) is 3.06. The largest absolute Gasteiger partial charge is 0.492 e. The van der Waals surface area contributed by atoms with Gasteiger partial charge in [-0.3, -0.25) is 9.59 Å². The van der Waals surface area contributed by atoms with E-state index in [1.807, 2.05) is 54.6 Å². The Morgan fingerprint density at radius 2 is 1.80 bits per heavy atom. The normalized spacial score (nSPS) is 16.6. The number of carboxylic acids is 1. The first kappa shape index (κ1) is 17.0. The molecule has 130 valence electrons. The van der Waals surface area contributed by atoms with E-state index < -0.39 is 11.9 Å². The van der Waals surface area contributed by atoms with Crippen LogP contribution in [-0.4, -0.2) is 41.6 Å². The molecule has 2 aromatic carbocycles. The number of para-hydroxylation sites is 1. The Labute approximate surface area is 146 Å². The van der Waals surface area contributed by atoms with Gasteiger partial charge in [-0.15, -0.1) is 0 Å². The van der Waals surface area contributed by atoms with Crippen LogP contribution in [-0.2, 0) is 9.59 Å². The Morgan fingerprint density at radius 1 is 1.08 bits per heavy atom. The van der Waals surface area contributed by atoms with Gasteiger partial charge >= 0.3 is 5.97 Å². The number of hydrogen-bond acceptors (Lipinski definition) is 3. The van der Waals surface area contributed by atoms with Crippen LogP contribution in [0.1, 0.15) is 12.8 Å². The van der Waals surface area contributed by atoms with Crippen LogP contribution in [0, 0.1) is 5.92 Å². The Bertz CT molecular complexity index is 744. The molecule has 1 fully saturated rings. The van der Waals surface area contributed by atoms with Gasteiger partial charge < -0.3 is 14.7 Å². The van der Waals surface area contributed by atoms with E-state index in [1.54, 1.807) is 4.90 Å². The number of nitrogens with zero attached hydrogens (tertiary/aromatic N) is 1. The van der Waals surface area contributed by atoms with Crippen LogP contribution in [0.4, 0.5) is 0 Å². The van der Waals surface area contributed by atoms with Gasteiger partial charge in [-0.05, 0) is 18.1 Å². The van der Waals surface area contributed by atoms with Crippen molar-refractivity contribution in [2.24, 2.45) is 5.92 Å². The summed E-state index contributed by atoms with van der Waals surface area (Å²) in [5.41, 5.74) is 2.05. The average Bonchev–Trinajstić information content (AvgIpc) is 3.13. The lowest BCUT2D eigenvalue weighted by Crippen LogP contribution is -2.30. The third-order valence-electron chi connectivity index (χ3n) is 4.44. The van der Waals surface area contributed by atoms with Crippen molar-refractivity contribution >= 4 is 11.9 Å². The molecule has 1 saturated heterocycles. The fourth-order valence-corrected chi connectivity index (χ4v) is 3.04. The molecule has 1 amide bonds. The fraction of sp³-hybridized carbons (Fsp3) is 0.300. The number of benzene rings is 2. The Balaban J connectivity index is 1.56. The maximum absolute atomic E-state index is 12.2. The van der Waals surface area contributed by atoms with Crippen molar-refractivity contribution in [2.75, 3.05) is 19.7 Å². The zero-order chi connectivity index (χ0) is 17.6. The summed E-state index contributed by atoms with van der Waals surface area (Å²) in [5.74, 6) is -0.584. The summed E-state index contributed by atoms with van der Waals surface area (Å²) in [6, 6.07) is 17.7. The number of likely N-dealkylation sites (tertiary alicyclic amines) is 1. The summed E-state index contributed by atoms with van der Waals surface area (Å²) < 4.78 is 5.83. The van der Waals surface area contributed by atoms with Gasteiger partial charge in [0.15, 0.2) is 0 Å². The third kappa shape index (κ3) is 4.18. The first-order valence-corrected chi connectivity index (χ1v) is 8.43. The number of carboxylic acid groups (broad SMARTS) is 1. The third-order valence-corrected chi connectivity index (χ3v) is 4.44. The van der Waals surface area contributed by atoms with Crippen molar-refractivity contribution < 1.29 is 19.4 Å². The van der Waals surface area contributed by atoms with Gasteiger partial charge in [0, 0.05) is 18.7 Å². The molecule has 0 saturated carbocycles. The molecule has 0 aromatic heterocycles. The van der Waals surface area contributed by atoms with E-state index in [0.29, 0.717) is 19.5 Å². The lowest BCUT2D eigenvalue weighted by atomic mass is 10.1. The van der Waals surface area contributed by atoms with E-state index in [4.69, 9.17) is 9.84 Å². The van der Waals surface area contributed by atoms with E-state index in [2.05, 4.69) is 0 Å². The zero-order valence-electron chi connectivity index (χ0n) is 13.9. The van der Waals surface area contributed by atoms with Crippen LogP contribution in [0.25, 0.3) is 11.1 Å². The minimum atomic E-state index is -0.830. The van der Waals surface area contributed by atoms with E-state index >= 15 is 0 Å². The Morgan fingerprint density at radius 3 is 2.52 bits per heavy atom. The molecular formula is C20H21NO4. The molecule has 1 N–H and O–H groups in total. The molecule has 1 unspecified atom stereocenters. The van der Waals surface area contributed by atoms with Gasteiger partial charge in [0.25, 0.3) is 0 Å². The van der Waals surface area contributed by atoms with E-state index in [1.165, 1.54) is 0 Å². The lowest BCUT2D eigenvalue weighted by molar-refractivity contribution is -0.141. The maximum atomic E-state index is 12.2. The average molecular weight is 339 g/mol. The van der Waals surface area contributed by atoms with E-state index in [-0.39, 0.29) is 18.9 Å². The SMILES string of the molecule is O=C(O)C1CCN(C(=O)CCOc2ccccc2-c2ccccc2)C1. The summed E-state index contributed by atoms with van der Waals surface area (Å²) in [6.45, 7) is 1.09. The number of amides is 1. The molecule has 1 atom stereocenters. The number of hydrogen-bond donors (Lipinski definition) is 1. The van der Waals surface area contributed by atoms with Crippen molar-refractivity contribution in [3.8, 4) is 16.9 Å². The molecule has 2 aromatic rings. The summed E-state index contributed by atoms with van der Waals surface area (Å²) in [4.78, 5) is 24.8. The minimum Gasteiger partial charge on any atom is -0.492 e. The zero-order valence-corrected chi connectivity index (χ0v) is 13.9. The van der Waals surface area contributed by atoms with Gasteiger partial charge in [0.05, 0.1) is 18.9 Å². The second-order valence-electron chi connectivity index (χ2n) is 6.12. The topological polar surface area (TPSA) is 66.8 Å². The molecule has 3 rings (SSSR count). The number of rotatable bonds is 6. The number of aliphatic carboxylic acids is 1. The van der Waals surface area contributed by atoms with Crippen molar-refractivity contribution in [1.29, 1.82) is 0 Å². The van der Waals surface area contributed by atoms with E-state index in [0.717, 1.165) is 16.9 Å². The van der Waals surface area contributed by atoms with Crippen LogP contribution < -0.4 is 4.74 Å². The first-order valence-electron chi connectivity index (χ1n) is 8.43. The predicted molar refractivity (Wildman–Crippen MR) is 94.3 cm³/mol. The Kier molecular flexibility index (Phi) is 5.33. The number of carbonyl (C=O) groups is 2. The van der Waals surface area contributed by atoms with Crippen molar-refractivity contribution in [3.63, 3.8) is 0 Å². The smallest absolute Gasteiger partial charge is 0.308 e. The van der Waals surface area contributed by atoms with Crippen molar-refractivity contribution in [3.05, 3.63) is 54.6 Å². The van der Waals surface area contributed by atoms with Gasteiger partial charge in [0.1, 0.15) is 5.75 Å².